The van der Waals surface area contributed by atoms with Crippen LogP contribution in [0.4, 0.5) is 0 Å². The van der Waals surface area contributed by atoms with Crippen molar-refractivity contribution in [2.24, 2.45) is 0 Å². The molecule has 1 aliphatic carbocycles. The molecule has 2 rings (SSSR count). The van der Waals surface area contributed by atoms with Gasteiger partial charge in [0.05, 0.1) is 0 Å². The first-order chi connectivity index (χ1) is 6.25. The minimum Gasteiger partial charge on any atom is -0.299 e. The van der Waals surface area contributed by atoms with Gasteiger partial charge in [0, 0.05) is 12.8 Å². The van der Waals surface area contributed by atoms with Crippen molar-refractivity contribution in [2.45, 2.75) is 33.6 Å². The molecule has 0 radical (unpaired) electrons. The Labute approximate surface area is 79.8 Å². The molecular weight excluding hydrogens is 160 g/mol. The molecule has 1 aromatic rings. The van der Waals surface area contributed by atoms with Crippen molar-refractivity contribution in [3.8, 4) is 0 Å². The fraction of sp³-hybridized carbons (Fsp3) is 0.417. The summed E-state index contributed by atoms with van der Waals surface area (Å²) < 4.78 is 0. The summed E-state index contributed by atoms with van der Waals surface area (Å²) in [6.45, 7) is 6.06. The van der Waals surface area contributed by atoms with Crippen molar-refractivity contribution in [1.29, 1.82) is 0 Å². The number of benzene rings is 1. The summed E-state index contributed by atoms with van der Waals surface area (Å²) in [5, 5.41) is 0. The molecule has 0 aliphatic heterocycles. The number of ketones is 1. The Morgan fingerprint density at radius 2 is 1.69 bits per heavy atom. The zero-order valence-corrected chi connectivity index (χ0v) is 8.55. The van der Waals surface area contributed by atoms with Crippen LogP contribution >= 0.6 is 0 Å². The van der Waals surface area contributed by atoms with E-state index in [1.807, 2.05) is 13.8 Å². The average Bonchev–Trinajstić information content (AvgIpc) is 2.48. The summed E-state index contributed by atoms with van der Waals surface area (Å²) >= 11 is 0. The summed E-state index contributed by atoms with van der Waals surface area (Å²) in [4.78, 5) is 11.0. The molecule has 0 saturated carbocycles. The standard InChI is InChI=1S/C10H10O.C2H6/c1-7-2-3-8-5-10(11)6-9(8)4-7;1-2/h2-4H,5-6H2,1H3;1-2H3. The maximum absolute atomic E-state index is 11.0. The Morgan fingerprint density at radius 3 is 2.38 bits per heavy atom. The molecular formula is C12H16O. The van der Waals surface area contributed by atoms with Gasteiger partial charge in [-0.15, -0.1) is 0 Å². The predicted molar refractivity (Wildman–Crippen MR) is 54.9 cm³/mol. The first-order valence-electron chi connectivity index (χ1n) is 4.86. The molecule has 0 heterocycles. The number of hydrogen-bond acceptors (Lipinski definition) is 1. The molecule has 13 heavy (non-hydrogen) atoms. The number of carbonyl (C=O) groups excluding carboxylic acids is 1. The van der Waals surface area contributed by atoms with Crippen LogP contribution in [0.5, 0.6) is 0 Å². The van der Waals surface area contributed by atoms with E-state index in [9.17, 15) is 4.79 Å². The average molecular weight is 176 g/mol. The molecule has 0 saturated heterocycles. The van der Waals surface area contributed by atoms with E-state index in [-0.39, 0.29) is 0 Å². The Hall–Kier alpha value is -1.11. The van der Waals surface area contributed by atoms with Crippen LogP contribution in [0, 0.1) is 6.92 Å². The first-order valence-corrected chi connectivity index (χ1v) is 4.86. The van der Waals surface area contributed by atoms with Gasteiger partial charge in [-0.25, -0.2) is 0 Å². The lowest BCUT2D eigenvalue weighted by molar-refractivity contribution is -0.117. The van der Waals surface area contributed by atoms with Crippen molar-refractivity contribution in [3.05, 3.63) is 34.9 Å². The summed E-state index contributed by atoms with van der Waals surface area (Å²) in [7, 11) is 0. The lowest BCUT2D eigenvalue weighted by Crippen LogP contribution is -1.92. The highest BCUT2D eigenvalue weighted by Crippen LogP contribution is 2.20. The molecule has 0 aromatic heterocycles. The van der Waals surface area contributed by atoms with Gasteiger partial charge >= 0.3 is 0 Å². The van der Waals surface area contributed by atoms with Crippen LogP contribution in [0.25, 0.3) is 0 Å². The highest BCUT2D eigenvalue weighted by Gasteiger charge is 2.17. The maximum Gasteiger partial charge on any atom is 0.141 e. The van der Waals surface area contributed by atoms with E-state index in [2.05, 4.69) is 25.1 Å². The van der Waals surface area contributed by atoms with E-state index >= 15 is 0 Å². The van der Waals surface area contributed by atoms with E-state index in [0.717, 1.165) is 0 Å². The van der Waals surface area contributed by atoms with E-state index in [0.29, 0.717) is 18.6 Å². The van der Waals surface area contributed by atoms with Crippen molar-refractivity contribution in [1.82, 2.24) is 0 Å². The Kier molecular flexibility index (Phi) is 3.24. The molecule has 1 aliphatic rings. The number of carbonyl (C=O) groups is 1. The van der Waals surface area contributed by atoms with Crippen LogP contribution in [0.3, 0.4) is 0 Å². The lowest BCUT2D eigenvalue weighted by Gasteiger charge is -1.97. The Balaban J connectivity index is 0.000000396. The van der Waals surface area contributed by atoms with Crippen molar-refractivity contribution >= 4 is 5.78 Å². The third-order valence-electron chi connectivity index (χ3n) is 2.14. The molecule has 0 amide bonds. The second-order valence-electron chi connectivity index (χ2n) is 3.16. The van der Waals surface area contributed by atoms with E-state index in [4.69, 9.17) is 0 Å². The SMILES string of the molecule is CC.Cc1ccc2c(c1)CC(=O)C2. The first kappa shape index (κ1) is 9.97. The van der Waals surface area contributed by atoms with Gasteiger partial charge in [0.1, 0.15) is 5.78 Å². The number of fused-ring (bicyclic) bond motifs is 1. The molecule has 1 heteroatoms. The van der Waals surface area contributed by atoms with Crippen LogP contribution < -0.4 is 0 Å². The molecule has 1 nitrogen and oxygen atoms in total. The van der Waals surface area contributed by atoms with E-state index in [1.54, 1.807) is 0 Å². The minimum atomic E-state index is 0.352. The summed E-state index contributed by atoms with van der Waals surface area (Å²) in [5.41, 5.74) is 3.70. The van der Waals surface area contributed by atoms with Crippen LogP contribution in [-0.2, 0) is 17.6 Å². The Bertz CT molecular complexity index is 313. The second-order valence-corrected chi connectivity index (χ2v) is 3.16. The van der Waals surface area contributed by atoms with Gasteiger partial charge in [0.25, 0.3) is 0 Å². The molecule has 0 atom stereocenters. The molecule has 1 aromatic carbocycles. The number of rotatable bonds is 0. The summed E-state index contributed by atoms with van der Waals surface area (Å²) in [5.74, 6) is 0.352. The van der Waals surface area contributed by atoms with E-state index in [1.165, 1.54) is 16.7 Å². The largest absolute Gasteiger partial charge is 0.299 e. The molecule has 0 bridgehead atoms. The van der Waals surface area contributed by atoms with Crippen LogP contribution in [0.15, 0.2) is 18.2 Å². The van der Waals surface area contributed by atoms with Gasteiger partial charge in [-0.1, -0.05) is 37.6 Å². The zero-order valence-electron chi connectivity index (χ0n) is 8.55. The van der Waals surface area contributed by atoms with Crippen molar-refractivity contribution in [2.75, 3.05) is 0 Å². The third kappa shape index (κ3) is 2.18. The van der Waals surface area contributed by atoms with Gasteiger partial charge in [0.15, 0.2) is 0 Å². The topological polar surface area (TPSA) is 17.1 Å². The van der Waals surface area contributed by atoms with Crippen LogP contribution in [0.1, 0.15) is 30.5 Å². The molecule has 70 valence electrons. The van der Waals surface area contributed by atoms with Gasteiger partial charge in [0.2, 0.25) is 0 Å². The second kappa shape index (κ2) is 4.22. The van der Waals surface area contributed by atoms with Gasteiger partial charge in [-0.2, -0.15) is 0 Å². The molecule has 0 unspecified atom stereocenters. The zero-order chi connectivity index (χ0) is 9.84. The normalized spacial score (nSPS) is 13.3. The van der Waals surface area contributed by atoms with Gasteiger partial charge in [-0.05, 0) is 18.1 Å². The maximum atomic E-state index is 11.0. The molecule has 0 fully saturated rings. The van der Waals surface area contributed by atoms with Crippen molar-refractivity contribution < 1.29 is 4.79 Å². The number of hydrogen-bond donors (Lipinski definition) is 0. The summed E-state index contributed by atoms with van der Waals surface area (Å²) in [6.07, 6.45) is 1.30. The lowest BCUT2D eigenvalue weighted by atomic mass is 10.1. The third-order valence-corrected chi connectivity index (χ3v) is 2.14. The fourth-order valence-electron chi connectivity index (χ4n) is 1.58. The van der Waals surface area contributed by atoms with Gasteiger partial charge in [-0.3, -0.25) is 4.79 Å². The predicted octanol–water partition coefficient (Wildman–Crippen LogP) is 2.69. The summed E-state index contributed by atoms with van der Waals surface area (Å²) in [6, 6.07) is 6.24. The molecule has 0 spiro atoms. The highest BCUT2D eigenvalue weighted by molar-refractivity contribution is 5.87. The smallest absolute Gasteiger partial charge is 0.141 e. The van der Waals surface area contributed by atoms with Crippen molar-refractivity contribution in [3.63, 3.8) is 0 Å². The monoisotopic (exact) mass is 176 g/mol. The van der Waals surface area contributed by atoms with Crippen LogP contribution in [0.2, 0.25) is 0 Å². The van der Waals surface area contributed by atoms with Crippen LogP contribution in [-0.4, -0.2) is 5.78 Å². The molecule has 0 N–H and O–H groups in total. The quantitative estimate of drug-likeness (QED) is 0.594. The highest BCUT2D eigenvalue weighted by atomic mass is 16.1. The number of aryl methyl sites for hydroxylation is 1. The fourth-order valence-corrected chi connectivity index (χ4v) is 1.58. The number of Topliss-reactive ketones (excluding diaryl/α,β-unsaturated/α-hetero) is 1. The van der Waals surface area contributed by atoms with Gasteiger partial charge < -0.3 is 0 Å². The minimum absolute atomic E-state index is 0.352. The van der Waals surface area contributed by atoms with E-state index < -0.39 is 0 Å². The Morgan fingerprint density at radius 1 is 1.08 bits per heavy atom.